The Bertz CT molecular complexity index is 524. The SMILES string of the molecule is C=CCCOCCNc1ccc(S(=O)(=O)NC(C)C)cc1. The fraction of sp³-hybridized carbons (Fsp3) is 0.467. The Labute approximate surface area is 127 Å². The quantitative estimate of drug-likeness (QED) is 0.514. The van der Waals surface area contributed by atoms with Gasteiger partial charge in [-0.3, -0.25) is 0 Å². The van der Waals surface area contributed by atoms with Gasteiger partial charge in [0.25, 0.3) is 0 Å². The first kappa shape index (κ1) is 17.7. The fourth-order valence-electron chi connectivity index (χ4n) is 1.67. The van der Waals surface area contributed by atoms with Gasteiger partial charge in [-0.15, -0.1) is 6.58 Å². The average molecular weight is 312 g/mol. The third kappa shape index (κ3) is 6.75. The van der Waals surface area contributed by atoms with Crippen LogP contribution in [0.15, 0.2) is 41.8 Å². The van der Waals surface area contributed by atoms with E-state index in [2.05, 4.69) is 16.6 Å². The molecule has 0 amide bonds. The van der Waals surface area contributed by atoms with E-state index >= 15 is 0 Å². The monoisotopic (exact) mass is 312 g/mol. The summed E-state index contributed by atoms with van der Waals surface area (Å²) in [5, 5.41) is 3.17. The van der Waals surface area contributed by atoms with Crippen molar-refractivity contribution in [2.24, 2.45) is 0 Å². The average Bonchev–Trinajstić information content (AvgIpc) is 2.42. The van der Waals surface area contributed by atoms with Crippen LogP contribution in [0, 0.1) is 0 Å². The van der Waals surface area contributed by atoms with Gasteiger partial charge in [0.05, 0.1) is 18.1 Å². The number of nitrogens with one attached hydrogen (secondary N) is 2. The molecule has 2 N–H and O–H groups in total. The molecule has 0 unspecified atom stereocenters. The lowest BCUT2D eigenvalue weighted by Crippen LogP contribution is -2.30. The summed E-state index contributed by atoms with van der Waals surface area (Å²) < 4.78 is 31.8. The molecule has 0 bridgehead atoms. The highest BCUT2D eigenvalue weighted by molar-refractivity contribution is 7.89. The minimum Gasteiger partial charge on any atom is -0.383 e. The molecule has 0 spiro atoms. The highest BCUT2D eigenvalue weighted by Crippen LogP contribution is 2.14. The van der Waals surface area contributed by atoms with Gasteiger partial charge in [0.2, 0.25) is 10.0 Å². The number of hydrogen-bond donors (Lipinski definition) is 2. The van der Waals surface area contributed by atoms with E-state index < -0.39 is 10.0 Å². The van der Waals surface area contributed by atoms with Gasteiger partial charge in [0.1, 0.15) is 0 Å². The summed E-state index contributed by atoms with van der Waals surface area (Å²) in [5.74, 6) is 0. The van der Waals surface area contributed by atoms with Gasteiger partial charge < -0.3 is 10.1 Å². The summed E-state index contributed by atoms with van der Waals surface area (Å²) in [6.45, 7) is 9.15. The summed E-state index contributed by atoms with van der Waals surface area (Å²) >= 11 is 0. The van der Waals surface area contributed by atoms with E-state index in [0.29, 0.717) is 19.8 Å². The normalized spacial score (nSPS) is 11.6. The summed E-state index contributed by atoms with van der Waals surface area (Å²) in [5.41, 5.74) is 0.866. The number of hydrogen-bond acceptors (Lipinski definition) is 4. The van der Waals surface area contributed by atoms with Crippen LogP contribution in [0.25, 0.3) is 0 Å². The highest BCUT2D eigenvalue weighted by Gasteiger charge is 2.14. The molecule has 0 fully saturated rings. The zero-order chi connectivity index (χ0) is 15.7. The Morgan fingerprint density at radius 1 is 1.24 bits per heavy atom. The number of anilines is 1. The first-order valence-corrected chi connectivity index (χ1v) is 8.49. The molecule has 1 aromatic rings. The lowest BCUT2D eigenvalue weighted by molar-refractivity contribution is 0.149. The lowest BCUT2D eigenvalue weighted by atomic mass is 10.3. The second kappa shape index (κ2) is 8.81. The molecule has 0 saturated heterocycles. The van der Waals surface area contributed by atoms with Gasteiger partial charge in [-0.1, -0.05) is 6.08 Å². The first-order chi connectivity index (χ1) is 9.95. The standard InChI is InChI=1S/C15H24N2O3S/c1-4-5-11-20-12-10-16-14-6-8-15(9-7-14)21(18,19)17-13(2)3/h4,6-9,13,16-17H,1,5,10-12H2,2-3H3. The molecule has 0 atom stereocenters. The Hall–Kier alpha value is -1.37. The molecule has 1 rings (SSSR count). The Morgan fingerprint density at radius 2 is 1.90 bits per heavy atom. The van der Waals surface area contributed by atoms with Crippen LogP contribution >= 0.6 is 0 Å². The van der Waals surface area contributed by atoms with Crippen LogP contribution in [0.2, 0.25) is 0 Å². The second-order valence-electron chi connectivity index (χ2n) is 4.92. The fourth-order valence-corrected chi connectivity index (χ4v) is 2.92. The van der Waals surface area contributed by atoms with Crippen molar-refractivity contribution in [2.75, 3.05) is 25.1 Å². The predicted molar refractivity (Wildman–Crippen MR) is 86.0 cm³/mol. The van der Waals surface area contributed by atoms with Crippen LogP contribution < -0.4 is 10.0 Å². The van der Waals surface area contributed by atoms with E-state index in [1.807, 2.05) is 6.08 Å². The summed E-state index contributed by atoms with van der Waals surface area (Å²) in [6.07, 6.45) is 2.66. The first-order valence-electron chi connectivity index (χ1n) is 7.00. The Morgan fingerprint density at radius 3 is 2.48 bits per heavy atom. The van der Waals surface area contributed by atoms with Crippen LogP contribution in [0.3, 0.4) is 0 Å². The third-order valence-corrected chi connectivity index (χ3v) is 4.27. The van der Waals surface area contributed by atoms with E-state index in [0.717, 1.165) is 12.1 Å². The maximum atomic E-state index is 12.0. The molecule has 0 saturated carbocycles. The molecule has 1 aromatic carbocycles. The molecule has 0 radical (unpaired) electrons. The van der Waals surface area contributed by atoms with Crippen LogP contribution in [0.5, 0.6) is 0 Å². The lowest BCUT2D eigenvalue weighted by Gasteiger charge is -2.11. The molecule has 0 aromatic heterocycles. The Kier molecular flexibility index (Phi) is 7.42. The highest BCUT2D eigenvalue weighted by atomic mass is 32.2. The molecular weight excluding hydrogens is 288 g/mol. The maximum Gasteiger partial charge on any atom is 0.240 e. The predicted octanol–water partition coefficient (Wildman–Crippen LogP) is 2.38. The molecule has 0 aliphatic rings. The van der Waals surface area contributed by atoms with Gasteiger partial charge in [-0.2, -0.15) is 0 Å². The van der Waals surface area contributed by atoms with Gasteiger partial charge in [-0.05, 0) is 44.5 Å². The van der Waals surface area contributed by atoms with Crippen molar-refractivity contribution in [3.8, 4) is 0 Å². The number of ether oxygens (including phenoxy) is 1. The van der Waals surface area contributed by atoms with Crippen LogP contribution in [-0.2, 0) is 14.8 Å². The minimum atomic E-state index is -3.42. The zero-order valence-electron chi connectivity index (χ0n) is 12.6. The largest absolute Gasteiger partial charge is 0.383 e. The van der Waals surface area contributed by atoms with E-state index in [1.165, 1.54) is 0 Å². The zero-order valence-corrected chi connectivity index (χ0v) is 13.4. The van der Waals surface area contributed by atoms with E-state index in [-0.39, 0.29) is 10.9 Å². The third-order valence-electron chi connectivity index (χ3n) is 2.60. The van der Waals surface area contributed by atoms with Crippen molar-refractivity contribution >= 4 is 15.7 Å². The van der Waals surface area contributed by atoms with E-state index in [9.17, 15) is 8.42 Å². The van der Waals surface area contributed by atoms with Crippen LogP contribution in [0.1, 0.15) is 20.3 Å². The smallest absolute Gasteiger partial charge is 0.240 e. The topological polar surface area (TPSA) is 67.4 Å². The number of benzene rings is 1. The van der Waals surface area contributed by atoms with Crippen molar-refractivity contribution in [3.05, 3.63) is 36.9 Å². The second-order valence-corrected chi connectivity index (χ2v) is 6.63. The molecule has 0 heterocycles. The van der Waals surface area contributed by atoms with Gasteiger partial charge >= 0.3 is 0 Å². The summed E-state index contributed by atoms with van der Waals surface area (Å²) in [7, 11) is -3.42. The molecule has 118 valence electrons. The van der Waals surface area contributed by atoms with E-state index in [1.54, 1.807) is 38.1 Å². The molecule has 21 heavy (non-hydrogen) atoms. The summed E-state index contributed by atoms with van der Waals surface area (Å²) in [6, 6.07) is 6.55. The van der Waals surface area contributed by atoms with Gasteiger partial charge in [0, 0.05) is 18.3 Å². The van der Waals surface area contributed by atoms with Crippen molar-refractivity contribution in [3.63, 3.8) is 0 Å². The van der Waals surface area contributed by atoms with Gasteiger partial charge in [-0.25, -0.2) is 13.1 Å². The molecule has 0 aliphatic carbocycles. The molecule has 5 nitrogen and oxygen atoms in total. The van der Waals surface area contributed by atoms with Crippen LogP contribution in [0.4, 0.5) is 5.69 Å². The summed E-state index contributed by atoms with van der Waals surface area (Å²) in [4.78, 5) is 0.268. The number of sulfonamides is 1. The number of rotatable bonds is 10. The Balaban J connectivity index is 2.45. The van der Waals surface area contributed by atoms with Crippen molar-refractivity contribution in [2.45, 2.75) is 31.2 Å². The van der Waals surface area contributed by atoms with Crippen molar-refractivity contribution < 1.29 is 13.2 Å². The molecular formula is C15H24N2O3S. The van der Waals surface area contributed by atoms with Gasteiger partial charge in [0.15, 0.2) is 0 Å². The molecule has 6 heteroatoms. The maximum absolute atomic E-state index is 12.0. The molecule has 0 aliphatic heterocycles. The van der Waals surface area contributed by atoms with Crippen molar-refractivity contribution in [1.82, 2.24) is 4.72 Å². The van der Waals surface area contributed by atoms with Crippen molar-refractivity contribution in [1.29, 1.82) is 0 Å². The minimum absolute atomic E-state index is 0.125. The van der Waals surface area contributed by atoms with E-state index in [4.69, 9.17) is 4.74 Å². The van der Waals surface area contributed by atoms with Crippen LogP contribution in [-0.4, -0.2) is 34.2 Å².